The van der Waals surface area contributed by atoms with Gasteiger partial charge in [-0.15, -0.1) is 0 Å². The van der Waals surface area contributed by atoms with E-state index in [1.54, 1.807) is 0 Å². The van der Waals surface area contributed by atoms with Crippen molar-refractivity contribution in [3.8, 4) is 0 Å². The lowest BCUT2D eigenvalue weighted by Crippen LogP contribution is -2.40. The fraction of sp³-hybridized carbons (Fsp3) is 0.714. The Kier molecular flexibility index (Phi) is 1.34. The first-order chi connectivity index (χ1) is 7.53. The van der Waals surface area contributed by atoms with Crippen LogP contribution < -0.4 is 0 Å². The van der Waals surface area contributed by atoms with E-state index in [2.05, 4.69) is 12.2 Å². The highest BCUT2D eigenvalue weighted by atomic mass is 16.2. The number of ketones is 2. The van der Waals surface area contributed by atoms with Gasteiger partial charge in [0.1, 0.15) is 11.6 Å². The molecule has 0 saturated heterocycles. The Morgan fingerprint density at radius 2 is 1.44 bits per heavy atom. The van der Waals surface area contributed by atoms with E-state index < -0.39 is 5.41 Å². The van der Waals surface area contributed by atoms with E-state index in [0.717, 1.165) is 11.8 Å². The summed E-state index contributed by atoms with van der Waals surface area (Å²) in [6.45, 7) is 3.64. The van der Waals surface area contributed by atoms with Crippen molar-refractivity contribution in [1.82, 2.24) is 0 Å². The van der Waals surface area contributed by atoms with Gasteiger partial charge in [0.15, 0.2) is 0 Å². The third kappa shape index (κ3) is 0.761. The maximum absolute atomic E-state index is 12.4. The Hall–Kier alpha value is -0.920. The van der Waals surface area contributed by atoms with Gasteiger partial charge >= 0.3 is 0 Å². The molecule has 84 valence electrons. The second-order valence-electron chi connectivity index (χ2n) is 6.51. The summed E-state index contributed by atoms with van der Waals surface area (Å²) in [5.74, 6) is 2.71. The van der Waals surface area contributed by atoms with E-state index in [4.69, 9.17) is 0 Å². The van der Waals surface area contributed by atoms with Gasteiger partial charge in [0, 0.05) is 11.8 Å². The van der Waals surface area contributed by atoms with E-state index in [0.29, 0.717) is 11.8 Å². The van der Waals surface area contributed by atoms with Gasteiger partial charge in [-0.25, -0.2) is 0 Å². The zero-order chi connectivity index (χ0) is 11.2. The zero-order valence-corrected chi connectivity index (χ0v) is 9.64. The van der Waals surface area contributed by atoms with Crippen LogP contribution in [0.1, 0.15) is 20.3 Å². The molecule has 16 heavy (non-hydrogen) atoms. The SMILES string of the molecule is CC1(C)C(=O)[C@@H]2[C@H]3C=C[C@@H]([C@@H]4C[C@@H]34)[C@H]2C1=O. The second-order valence-corrected chi connectivity index (χ2v) is 6.51. The molecule has 0 radical (unpaired) electrons. The summed E-state index contributed by atoms with van der Waals surface area (Å²) >= 11 is 0. The third-order valence-electron chi connectivity index (χ3n) is 5.49. The average Bonchev–Trinajstić information content (AvgIpc) is 3.03. The first-order valence-electron chi connectivity index (χ1n) is 6.30. The number of Topliss-reactive ketones (excluding diaryl/α,β-unsaturated/α-hetero) is 2. The summed E-state index contributed by atoms with van der Waals surface area (Å²) in [4.78, 5) is 24.7. The number of allylic oxidation sites excluding steroid dienone is 2. The van der Waals surface area contributed by atoms with Crippen molar-refractivity contribution < 1.29 is 9.59 Å². The Bertz CT molecular complexity index is 408. The summed E-state index contributed by atoms with van der Waals surface area (Å²) in [7, 11) is 0. The van der Waals surface area contributed by atoms with Crippen LogP contribution in [-0.2, 0) is 9.59 Å². The Morgan fingerprint density at radius 1 is 1.00 bits per heavy atom. The molecular weight excluding hydrogens is 200 g/mol. The molecule has 3 fully saturated rings. The molecule has 5 aliphatic carbocycles. The van der Waals surface area contributed by atoms with Crippen LogP contribution in [0, 0.1) is 40.9 Å². The Morgan fingerprint density at radius 3 is 1.88 bits per heavy atom. The van der Waals surface area contributed by atoms with Crippen molar-refractivity contribution in [2.24, 2.45) is 40.9 Å². The molecule has 5 aliphatic rings. The first kappa shape index (κ1) is 9.15. The lowest BCUT2D eigenvalue weighted by Gasteiger charge is -2.39. The highest BCUT2D eigenvalue weighted by Crippen LogP contribution is 2.67. The van der Waals surface area contributed by atoms with Crippen LogP contribution in [0.25, 0.3) is 0 Å². The average molecular weight is 216 g/mol. The van der Waals surface area contributed by atoms with Gasteiger partial charge in [-0.05, 0) is 43.9 Å². The van der Waals surface area contributed by atoms with Crippen LogP contribution in [0.5, 0.6) is 0 Å². The molecule has 0 aliphatic heterocycles. The number of carbonyl (C=O) groups is 2. The van der Waals surface area contributed by atoms with Crippen LogP contribution in [-0.4, -0.2) is 11.6 Å². The van der Waals surface area contributed by atoms with Crippen molar-refractivity contribution in [3.05, 3.63) is 12.2 Å². The minimum Gasteiger partial charge on any atom is -0.298 e. The van der Waals surface area contributed by atoms with Crippen molar-refractivity contribution >= 4 is 11.6 Å². The number of carbonyl (C=O) groups excluding carboxylic acids is 2. The standard InChI is InChI=1S/C14H16O2/c1-14(2)12(15)10-6-3-4-7(9-5-8(6)9)11(10)13(14)16/h3-4,6-11H,5H2,1-2H3/t6-,7-,8-,9-,10+,11+/m0/s1. The molecule has 5 rings (SSSR count). The second kappa shape index (κ2) is 2.34. The lowest BCUT2D eigenvalue weighted by atomic mass is 9.63. The van der Waals surface area contributed by atoms with E-state index in [9.17, 15) is 9.59 Å². The molecule has 0 spiro atoms. The van der Waals surface area contributed by atoms with Crippen LogP contribution >= 0.6 is 0 Å². The van der Waals surface area contributed by atoms with Gasteiger partial charge in [0.25, 0.3) is 0 Å². The van der Waals surface area contributed by atoms with Gasteiger partial charge in [-0.1, -0.05) is 12.2 Å². The van der Waals surface area contributed by atoms with Crippen LogP contribution in [0.15, 0.2) is 12.2 Å². The predicted molar refractivity (Wildman–Crippen MR) is 58.5 cm³/mol. The summed E-state index contributed by atoms with van der Waals surface area (Å²) in [5.41, 5.74) is -0.714. The van der Waals surface area contributed by atoms with Crippen molar-refractivity contribution in [3.63, 3.8) is 0 Å². The molecule has 0 unspecified atom stereocenters. The zero-order valence-electron chi connectivity index (χ0n) is 9.64. The third-order valence-corrected chi connectivity index (χ3v) is 5.49. The number of hydrogen-bond donors (Lipinski definition) is 0. The predicted octanol–water partition coefficient (Wildman–Crippen LogP) is 1.85. The Balaban J connectivity index is 1.88. The monoisotopic (exact) mass is 216 g/mol. The van der Waals surface area contributed by atoms with E-state index >= 15 is 0 Å². The molecule has 2 heteroatoms. The smallest absolute Gasteiger partial charge is 0.150 e. The van der Waals surface area contributed by atoms with E-state index in [1.165, 1.54) is 6.42 Å². The lowest BCUT2D eigenvalue weighted by molar-refractivity contribution is -0.134. The normalized spacial score (nSPS) is 55.1. The molecule has 3 saturated carbocycles. The van der Waals surface area contributed by atoms with Gasteiger partial charge in [0.2, 0.25) is 0 Å². The number of hydrogen-bond acceptors (Lipinski definition) is 2. The fourth-order valence-corrected chi connectivity index (χ4v) is 4.54. The van der Waals surface area contributed by atoms with Crippen molar-refractivity contribution in [1.29, 1.82) is 0 Å². The summed E-state index contributed by atoms with van der Waals surface area (Å²) < 4.78 is 0. The molecule has 6 atom stereocenters. The highest BCUT2D eigenvalue weighted by Gasteiger charge is 2.68. The molecular formula is C14H16O2. The van der Waals surface area contributed by atoms with Crippen molar-refractivity contribution in [2.75, 3.05) is 0 Å². The van der Waals surface area contributed by atoms with Crippen molar-refractivity contribution in [2.45, 2.75) is 20.3 Å². The minimum atomic E-state index is -0.714. The quantitative estimate of drug-likeness (QED) is 0.457. The minimum absolute atomic E-state index is 0.0289. The summed E-state index contributed by atoms with van der Waals surface area (Å²) in [6, 6.07) is 0. The topological polar surface area (TPSA) is 34.1 Å². The molecule has 0 aromatic heterocycles. The van der Waals surface area contributed by atoms with Gasteiger partial charge in [-0.2, -0.15) is 0 Å². The van der Waals surface area contributed by atoms with E-state index in [1.807, 2.05) is 13.8 Å². The maximum atomic E-state index is 12.4. The molecule has 0 aromatic rings. The largest absolute Gasteiger partial charge is 0.298 e. The van der Waals surface area contributed by atoms with Crippen LogP contribution in [0.2, 0.25) is 0 Å². The first-order valence-corrected chi connectivity index (χ1v) is 6.30. The number of rotatable bonds is 0. The van der Waals surface area contributed by atoms with Gasteiger partial charge in [-0.3, -0.25) is 9.59 Å². The molecule has 2 nitrogen and oxygen atoms in total. The maximum Gasteiger partial charge on any atom is 0.150 e. The van der Waals surface area contributed by atoms with Crippen LogP contribution in [0.3, 0.4) is 0 Å². The van der Waals surface area contributed by atoms with Gasteiger partial charge in [0.05, 0.1) is 5.41 Å². The fourth-order valence-electron chi connectivity index (χ4n) is 4.54. The summed E-state index contributed by atoms with van der Waals surface area (Å²) in [5, 5.41) is 0. The molecule has 2 bridgehead atoms. The molecule has 0 heterocycles. The van der Waals surface area contributed by atoms with E-state index in [-0.39, 0.29) is 23.4 Å². The molecule has 0 N–H and O–H groups in total. The highest BCUT2D eigenvalue weighted by molar-refractivity contribution is 6.15. The van der Waals surface area contributed by atoms with Gasteiger partial charge < -0.3 is 0 Å². The van der Waals surface area contributed by atoms with Crippen LogP contribution in [0.4, 0.5) is 0 Å². The molecule has 0 aromatic carbocycles. The molecule has 0 amide bonds. The Labute approximate surface area is 95.1 Å². The summed E-state index contributed by atoms with van der Waals surface area (Å²) in [6.07, 6.45) is 5.70.